The maximum absolute atomic E-state index is 4.56. The summed E-state index contributed by atoms with van der Waals surface area (Å²) in [5.41, 5.74) is 0. The first-order valence-electron chi connectivity index (χ1n) is 7.73. The van der Waals surface area contributed by atoms with Gasteiger partial charge in [-0.1, -0.05) is 37.1 Å². The Labute approximate surface area is 142 Å². The van der Waals surface area contributed by atoms with Crippen molar-refractivity contribution in [2.24, 2.45) is 0 Å². The van der Waals surface area contributed by atoms with Gasteiger partial charge >= 0.3 is 0 Å². The second kappa shape index (κ2) is 5.32. The molecule has 0 radical (unpaired) electrons. The zero-order valence-corrected chi connectivity index (χ0v) is 14.5. The minimum absolute atomic E-state index is 0.335. The van der Waals surface area contributed by atoms with Crippen LogP contribution in [-0.4, -0.2) is 14.9 Å². The average Bonchev–Trinajstić information content (AvgIpc) is 3.29. The zero-order chi connectivity index (χ0) is 14.5. The highest BCUT2D eigenvalue weighted by Crippen LogP contribution is 2.52. The predicted molar refractivity (Wildman–Crippen MR) is 92.7 cm³/mol. The van der Waals surface area contributed by atoms with Crippen LogP contribution in [0.15, 0.2) is 33.1 Å². The first kappa shape index (κ1) is 13.5. The van der Waals surface area contributed by atoms with Crippen molar-refractivity contribution in [3.8, 4) is 0 Å². The number of thiophene rings is 1. The molecule has 2 aliphatic heterocycles. The molecule has 5 rings (SSSR count). The van der Waals surface area contributed by atoms with E-state index in [0.717, 1.165) is 5.16 Å². The summed E-state index contributed by atoms with van der Waals surface area (Å²) < 4.78 is 2.30. The van der Waals surface area contributed by atoms with Crippen LogP contribution in [0, 0.1) is 0 Å². The molecule has 0 spiro atoms. The van der Waals surface area contributed by atoms with Gasteiger partial charge in [-0.05, 0) is 36.0 Å². The molecule has 1 atom stereocenters. The molecule has 2 aromatic heterocycles. The van der Waals surface area contributed by atoms with Gasteiger partial charge in [0.1, 0.15) is 10.4 Å². The lowest BCUT2D eigenvalue weighted by Crippen LogP contribution is -2.31. The van der Waals surface area contributed by atoms with Crippen LogP contribution in [0.4, 0.5) is 0 Å². The molecule has 1 saturated carbocycles. The average molecular weight is 349 g/mol. The van der Waals surface area contributed by atoms with E-state index in [-0.39, 0.29) is 0 Å². The van der Waals surface area contributed by atoms with Crippen molar-refractivity contribution in [3.05, 3.63) is 38.7 Å². The molecule has 7 heteroatoms. The zero-order valence-electron chi connectivity index (χ0n) is 12.0. The van der Waals surface area contributed by atoms with Crippen LogP contribution in [-0.2, 0) is 0 Å². The largest absolute Gasteiger partial charge is 0.252 e. The molecule has 0 saturated heterocycles. The fourth-order valence-corrected chi connectivity index (χ4v) is 6.65. The first-order chi connectivity index (χ1) is 10.9. The van der Waals surface area contributed by atoms with Gasteiger partial charge in [0.05, 0.1) is 0 Å². The molecular formula is C15H16N4S3. The van der Waals surface area contributed by atoms with Crippen molar-refractivity contribution in [2.45, 2.75) is 48.6 Å². The summed E-state index contributed by atoms with van der Waals surface area (Å²) in [6.45, 7) is 0. The summed E-state index contributed by atoms with van der Waals surface area (Å²) in [6, 6.07) is 4.36. The summed E-state index contributed by atoms with van der Waals surface area (Å²) in [5, 5.41) is 18.5. The predicted octanol–water partition coefficient (Wildman–Crippen LogP) is 4.68. The molecule has 114 valence electrons. The molecule has 0 amide bonds. The van der Waals surface area contributed by atoms with Gasteiger partial charge in [0, 0.05) is 16.2 Å². The minimum atomic E-state index is 0.335. The van der Waals surface area contributed by atoms with Gasteiger partial charge in [-0.3, -0.25) is 5.01 Å². The molecule has 1 unspecified atom stereocenters. The third-order valence-corrected chi connectivity index (χ3v) is 7.80. The molecule has 4 nitrogen and oxygen atoms in total. The van der Waals surface area contributed by atoms with Crippen molar-refractivity contribution in [1.29, 1.82) is 0 Å². The van der Waals surface area contributed by atoms with E-state index in [0.29, 0.717) is 11.3 Å². The lowest BCUT2D eigenvalue weighted by Gasteiger charge is -2.28. The van der Waals surface area contributed by atoms with Gasteiger partial charge in [0.15, 0.2) is 5.82 Å². The molecule has 3 aliphatic rings. The Morgan fingerprint density at radius 1 is 1.14 bits per heavy atom. The molecule has 2 aromatic rings. The molecule has 4 heterocycles. The second-order valence-electron chi connectivity index (χ2n) is 5.89. The van der Waals surface area contributed by atoms with Crippen LogP contribution in [0.3, 0.4) is 0 Å². The SMILES string of the molecule is C1=C2Sc3nnc(C4CCCCC4)n3N2C(c2cccs2)S1. The Kier molecular flexibility index (Phi) is 3.27. The molecule has 22 heavy (non-hydrogen) atoms. The summed E-state index contributed by atoms with van der Waals surface area (Å²) in [7, 11) is 0. The molecule has 0 bridgehead atoms. The Hall–Kier alpha value is -0.920. The number of hydrogen-bond donors (Lipinski definition) is 0. The second-order valence-corrected chi connectivity index (χ2v) is 8.82. The van der Waals surface area contributed by atoms with Crippen molar-refractivity contribution in [2.75, 3.05) is 5.01 Å². The topological polar surface area (TPSA) is 34.0 Å². The van der Waals surface area contributed by atoms with Gasteiger partial charge in [-0.25, -0.2) is 4.68 Å². The summed E-state index contributed by atoms with van der Waals surface area (Å²) >= 11 is 5.47. The van der Waals surface area contributed by atoms with Gasteiger partial charge in [-0.2, -0.15) is 0 Å². The van der Waals surface area contributed by atoms with Crippen molar-refractivity contribution >= 4 is 34.9 Å². The number of aromatic nitrogens is 3. The van der Waals surface area contributed by atoms with E-state index in [2.05, 4.69) is 42.8 Å². The number of fused-ring (bicyclic) bond motifs is 3. The van der Waals surface area contributed by atoms with Crippen molar-refractivity contribution in [3.63, 3.8) is 0 Å². The Bertz CT molecular complexity index is 715. The Morgan fingerprint density at radius 3 is 2.86 bits per heavy atom. The Morgan fingerprint density at radius 2 is 2.05 bits per heavy atom. The normalized spacial score (nSPS) is 24.5. The van der Waals surface area contributed by atoms with Crippen molar-refractivity contribution < 1.29 is 0 Å². The quantitative estimate of drug-likeness (QED) is 0.787. The van der Waals surface area contributed by atoms with Crippen LogP contribution in [0.25, 0.3) is 0 Å². The van der Waals surface area contributed by atoms with Crippen LogP contribution >= 0.6 is 34.9 Å². The van der Waals surface area contributed by atoms with Crippen LogP contribution < -0.4 is 5.01 Å². The number of rotatable bonds is 2. The van der Waals surface area contributed by atoms with Crippen LogP contribution in [0.2, 0.25) is 0 Å². The smallest absolute Gasteiger partial charge is 0.216 e. The third kappa shape index (κ3) is 1.98. The van der Waals surface area contributed by atoms with Crippen LogP contribution in [0.1, 0.15) is 54.1 Å². The van der Waals surface area contributed by atoms with Gasteiger partial charge in [-0.15, -0.1) is 21.5 Å². The molecule has 0 N–H and O–H groups in total. The van der Waals surface area contributed by atoms with E-state index in [1.54, 1.807) is 11.8 Å². The molecular weight excluding hydrogens is 332 g/mol. The third-order valence-electron chi connectivity index (χ3n) is 4.55. The summed E-state index contributed by atoms with van der Waals surface area (Å²) in [4.78, 5) is 1.40. The first-order valence-corrected chi connectivity index (χ1v) is 10.4. The maximum Gasteiger partial charge on any atom is 0.216 e. The highest BCUT2D eigenvalue weighted by Gasteiger charge is 2.41. The van der Waals surface area contributed by atoms with E-state index < -0.39 is 0 Å². The van der Waals surface area contributed by atoms with Gasteiger partial charge in [0.2, 0.25) is 5.16 Å². The van der Waals surface area contributed by atoms with Crippen molar-refractivity contribution in [1.82, 2.24) is 14.9 Å². The van der Waals surface area contributed by atoms with E-state index in [9.17, 15) is 0 Å². The maximum atomic E-state index is 4.56. The van der Waals surface area contributed by atoms with E-state index in [1.807, 2.05) is 23.1 Å². The van der Waals surface area contributed by atoms with Crippen LogP contribution in [0.5, 0.6) is 0 Å². The molecule has 1 aliphatic carbocycles. The highest BCUT2D eigenvalue weighted by atomic mass is 32.2. The summed E-state index contributed by atoms with van der Waals surface area (Å²) in [5.74, 6) is 1.75. The highest BCUT2D eigenvalue weighted by molar-refractivity contribution is 8.07. The molecule has 0 aromatic carbocycles. The lowest BCUT2D eigenvalue weighted by atomic mass is 9.89. The summed E-state index contributed by atoms with van der Waals surface area (Å²) in [6.07, 6.45) is 6.53. The van der Waals surface area contributed by atoms with E-state index in [4.69, 9.17) is 0 Å². The number of thioether (sulfide) groups is 2. The Balaban J connectivity index is 1.55. The minimum Gasteiger partial charge on any atom is -0.252 e. The van der Waals surface area contributed by atoms with Gasteiger partial charge < -0.3 is 0 Å². The monoisotopic (exact) mass is 348 g/mol. The van der Waals surface area contributed by atoms with E-state index in [1.165, 1.54) is 47.8 Å². The lowest BCUT2D eigenvalue weighted by molar-refractivity contribution is 0.411. The molecule has 1 fully saturated rings. The number of hydrogen-bond acceptors (Lipinski definition) is 6. The number of nitrogens with zero attached hydrogens (tertiary/aromatic N) is 4. The fraction of sp³-hybridized carbons (Fsp3) is 0.467. The standard InChI is InChI=1S/C15H16N4S3/c1-2-5-10(6-3-1)13-16-17-15-19(13)18-12(22-15)9-21-14(18)11-7-4-8-20-11/h4,7-10,14H,1-3,5-6H2. The fourth-order valence-electron chi connectivity index (χ4n) is 3.50. The van der Waals surface area contributed by atoms with E-state index >= 15 is 0 Å². The van der Waals surface area contributed by atoms with Gasteiger partial charge in [0.25, 0.3) is 0 Å².